The lowest BCUT2D eigenvalue weighted by molar-refractivity contribution is 0.0952. The highest BCUT2D eigenvalue weighted by Gasteiger charge is 2.26. The summed E-state index contributed by atoms with van der Waals surface area (Å²) in [5, 5.41) is 4.66. The molecule has 2 aliphatic rings. The minimum Gasteiger partial charge on any atom is -0.378 e. The molecule has 0 unspecified atom stereocenters. The number of nitrogens with two attached hydrogens (primary N) is 1. The van der Waals surface area contributed by atoms with Crippen LogP contribution in [0.5, 0.6) is 0 Å². The highest BCUT2D eigenvalue weighted by atomic mass is 16.5. The van der Waals surface area contributed by atoms with Crippen molar-refractivity contribution in [1.82, 2.24) is 15.2 Å². The molecule has 1 saturated carbocycles. The molecule has 0 bridgehead atoms. The Morgan fingerprint density at radius 2 is 2.05 bits per heavy atom. The van der Waals surface area contributed by atoms with Crippen LogP contribution < -0.4 is 16.2 Å². The molecule has 7 nitrogen and oxygen atoms in total. The zero-order valence-electron chi connectivity index (χ0n) is 11.5. The van der Waals surface area contributed by atoms with Crippen LogP contribution >= 0.6 is 0 Å². The number of nitrogen functional groups attached to an aromatic ring is 1. The molecule has 110 valence electrons. The van der Waals surface area contributed by atoms with E-state index in [2.05, 4.69) is 15.4 Å². The second-order valence-electron chi connectivity index (χ2n) is 5.36. The van der Waals surface area contributed by atoms with Crippen molar-refractivity contribution in [3.63, 3.8) is 0 Å². The van der Waals surface area contributed by atoms with Gasteiger partial charge in [0.1, 0.15) is 5.56 Å². The quantitative estimate of drug-likeness (QED) is 0.476. The number of amides is 1. The lowest BCUT2D eigenvalue weighted by Gasteiger charge is -2.27. The smallest absolute Gasteiger partial charge is 0.270 e. The molecular formula is C13H21N5O2. The van der Waals surface area contributed by atoms with Crippen LogP contribution in [0.2, 0.25) is 0 Å². The fraction of sp³-hybridized carbons (Fsp3) is 0.692. The molecule has 1 aromatic heterocycles. The molecule has 3 N–H and O–H groups in total. The molecule has 1 aliphatic heterocycles. The number of carbonyl (C=O) groups is 1. The summed E-state index contributed by atoms with van der Waals surface area (Å²) < 4.78 is 7.30. The standard InChI is InChI=1S/C13H21N5O2/c14-15-13(19)11-9-18(10-3-1-2-4-10)16-12(11)17-5-7-20-8-6-17/h9-10H,1-8,14H2,(H,15,19). The maximum Gasteiger partial charge on any atom is 0.270 e. The number of anilines is 1. The molecule has 2 heterocycles. The third kappa shape index (κ3) is 2.51. The van der Waals surface area contributed by atoms with Crippen molar-refractivity contribution in [2.24, 2.45) is 5.84 Å². The number of carbonyl (C=O) groups excluding carboxylic acids is 1. The molecule has 1 saturated heterocycles. The van der Waals surface area contributed by atoms with Crippen molar-refractivity contribution < 1.29 is 9.53 Å². The Morgan fingerprint density at radius 3 is 2.70 bits per heavy atom. The molecule has 1 aliphatic carbocycles. The minimum atomic E-state index is -0.282. The van der Waals surface area contributed by atoms with Gasteiger partial charge in [-0.15, -0.1) is 0 Å². The second kappa shape index (κ2) is 5.80. The van der Waals surface area contributed by atoms with Gasteiger partial charge in [-0.05, 0) is 12.8 Å². The Kier molecular flexibility index (Phi) is 3.88. The van der Waals surface area contributed by atoms with Crippen LogP contribution in [0.15, 0.2) is 6.20 Å². The Labute approximate surface area is 118 Å². The largest absolute Gasteiger partial charge is 0.378 e. The van der Waals surface area contributed by atoms with Crippen molar-refractivity contribution in [1.29, 1.82) is 0 Å². The minimum absolute atomic E-state index is 0.282. The Hall–Kier alpha value is -1.60. The lowest BCUT2D eigenvalue weighted by Crippen LogP contribution is -2.38. The van der Waals surface area contributed by atoms with Gasteiger partial charge in [0.2, 0.25) is 0 Å². The zero-order valence-corrected chi connectivity index (χ0v) is 11.5. The van der Waals surface area contributed by atoms with Crippen LogP contribution in [0.25, 0.3) is 0 Å². The number of aromatic nitrogens is 2. The van der Waals surface area contributed by atoms with Gasteiger partial charge in [0.05, 0.1) is 19.3 Å². The number of ether oxygens (including phenoxy) is 1. The van der Waals surface area contributed by atoms with Gasteiger partial charge in [0.25, 0.3) is 5.91 Å². The van der Waals surface area contributed by atoms with E-state index in [9.17, 15) is 4.79 Å². The molecule has 0 radical (unpaired) electrons. The summed E-state index contributed by atoms with van der Waals surface area (Å²) >= 11 is 0. The van der Waals surface area contributed by atoms with E-state index in [0.717, 1.165) is 31.7 Å². The number of hydrazine groups is 1. The van der Waals surface area contributed by atoms with Crippen molar-refractivity contribution in [3.05, 3.63) is 11.8 Å². The van der Waals surface area contributed by atoms with Crippen LogP contribution in [-0.4, -0.2) is 42.0 Å². The first-order valence-electron chi connectivity index (χ1n) is 7.22. The van der Waals surface area contributed by atoms with E-state index >= 15 is 0 Å². The van der Waals surface area contributed by atoms with E-state index in [1.54, 1.807) is 0 Å². The fourth-order valence-corrected chi connectivity index (χ4v) is 2.98. The highest BCUT2D eigenvalue weighted by molar-refractivity contribution is 5.98. The van der Waals surface area contributed by atoms with Crippen LogP contribution in [-0.2, 0) is 4.74 Å². The number of nitrogens with zero attached hydrogens (tertiary/aromatic N) is 3. The van der Waals surface area contributed by atoms with Crippen LogP contribution in [0.1, 0.15) is 42.1 Å². The zero-order chi connectivity index (χ0) is 13.9. The van der Waals surface area contributed by atoms with Gasteiger partial charge in [0, 0.05) is 19.3 Å². The maximum absolute atomic E-state index is 12.0. The van der Waals surface area contributed by atoms with Crippen molar-refractivity contribution in [2.75, 3.05) is 31.2 Å². The Morgan fingerprint density at radius 1 is 1.35 bits per heavy atom. The van der Waals surface area contributed by atoms with Gasteiger partial charge in [-0.1, -0.05) is 12.8 Å². The molecular weight excluding hydrogens is 258 g/mol. The number of hydrogen-bond donors (Lipinski definition) is 2. The average molecular weight is 279 g/mol. The summed E-state index contributed by atoms with van der Waals surface area (Å²) in [6, 6.07) is 0.411. The van der Waals surface area contributed by atoms with Gasteiger partial charge in [0.15, 0.2) is 5.82 Å². The normalized spacial score (nSPS) is 20.4. The first-order valence-corrected chi connectivity index (χ1v) is 7.22. The van der Waals surface area contributed by atoms with Crippen LogP contribution in [0, 0.1) is 0 Å². The monoisotopic (exact) mass is 279 g/mol. The average Bonchev–Trinajstić information content (AvgIpc) is 3.16. The Bertz CT molecular complexity index is 475. The van der Waals surface area contributed by atoms with E-state index in [-0.39, 0.29) is 5.91 Å². The first-order chi connectivity index (χ1) is 9.79. The number of hydrogen-bond acceptors (Lipinski definition) is 5. The molecule has 20 heavy (non-hydrogen) atoms. The maximum atomic E-state index is 12.0. The van der Waals surface area contributed by atoms with Gasteiger partial charge >= 0.3 is 0 Å². The number of nitrogens with one attached hydrogen (secondary N) is 1. The number of morpholine rings is 1. The summed E-state index contributed by atoms with van der Waals surface area (Å²) in [4.78, 5) is 14.1. The van der Waals surface area contributed by atoms with Gasteiger partial charge in [-0.2, -0.15) is 5.10 Å². The molecule has 1 amide bonds. The molecule has 1 aromatic rings. The third-order valence-electron chi connectivity index (χ3n) is 4.10. The fourth-order valence-electron chi connectivity index (χ4n) is 2.98. The summed E-state index contributed by atoms with van der Waals surface area (Å²) in [5.41, 5.74) is 2.77. The van der Waals surface area contributed by atoms with Gasteiger partial charge in [-0.3, -0.25) is 14.9 Å². The second-order valence-corrected chi connectivity index (χ2v) is 5.36. The predicted octanol–water partition coefficient (Wildman–Crippen LogP) is 0.438. The van der Waals surface area contributed by atoms with Gasteiger partial charge < -0.3 is 9.64 Å². The van der Waals surface area contributed by atoms with Gasteiger partial charge in [-0.25, -0.2) is 5.84 Å². The number of rotatable bonds is 3. The van der Waals surface area contributed by atoms with Crippen molar-refractivity contribution in [3.8, 4) is 0 Å². The molecule has 7 heteroatoms. The highest BCUT2D eigenvalue weighted by Crippen LogP contribution is 2.31. The van der Waals surface area contributed by atoms with E-state index in [0.29, 0.717) is 24.8 Å². The van der Waals surface area contributed by atoms with Crippen LogP contribution in [0.4, 0.5) is 5.82 Å². The topological polar surface area (TPSA) is 85.4 Å². The predicted molar refractivity (Wildman–Crippen MR) is 74.4 cm³/mol. The Balaban J connectivity index is 1.90. The van der Waals surface area contributed by atoms with Crippen molar-refractivity contribution in [2.45, 2.75) is 31.7 Å². The SMILES string of the molecule is NNC(=O)c1cn(C2CCCC2)nc1N1CCOCC1. The van der Waals surface area contributed by atoms with E-state index in [1.165, 1.54) is 12.8 Å². The molecule has 2 fully saturated rings. The third-order valence-corrected chi connectivity index (χ3v) is 4.10. The molecule has 3 rings (SSSR count). The lowest BCUT2D eigenvalue weighted by atomic mass is 10.2. The van der Waals surface area contributed by atoms with E-state index in [4.69, 9.17) is 10.6 Å². The van der Waals surface area contributed by atoms with E-state index < -0.39 is 0 Å². The first kappa shape index (κ1) is 13.4. The van der Waals surface area contributed by atoms with Crippen LogP contribution in [0.3, 0.4) is 0 Å². The van der Waals surface area contributed by atoms with Crippen molar-refractivity contribution >= 4 is 11.7 Å². The summed E-state index contributed by atoms with van der Waals surface area (Å²) in [5.74, 6) is 5.73. The van der Waals surface area contributed by atoms with E-state index in [1.807, 2.05) is 10.9 Å². The molecule has 0 spiro atoms. The molecule has 0 atom stereocenters. The summed E-state index contributed by atoms with van der Waals surface area (Å²) in [6.07, 6.45) is 6.57. The summed E-state index contributed by atoms with van der Waals surface area (Å²) in [7, 11) is 0. The molecule has 0 aromatic carbocycles. The summed E-state index contributed by atoms with van der Waals surface area (Å²) in [6.45, 7) is 2.85.